The first-order valence-corrected chi connectivity index (χ1v) is 16.0. The molecule has 0 aliphatic heterocycles. The maximum Gasteiger partial charge on any atom is 0.430 e. The Hall–Kier alpha value is -4.71. The molecule has 11 nitrogen and oxygen atoms in total. The quantitative estimate of drug-likeness (QED) is 0.231. The van der Waals surface area contributed by atoms with Crippen LogP contribution in [-0.4, -0.2) is 52.4 Å². The number of sulfonamides is 1. The molecule has 0 spiro atoms. The summed E-state index contributed by atoms with van der Waals surface area (Å²) < 4.78 is 40.7. The number of rotatable bonds is 5. The molecule has 0 radical (unpaired) electrons. The van der Waals surface area contributed by atoms with Crippen molar-refractivity contribution in [1.82, 2.24) is 9.55 Å². The van der Waals surface area contributed by atoms with Crippen LogP contribution in [0.3, 0.4) is 0 Å². The normalized spacial score (nSPS) is 12.5. The van der Waals surface area contributed by atoms with Crippen molar-refractivity contribution in [2.24, 2.45) is 0 Å². The number of benzene rings is 2. The SMILES string of the molecule is CC(C)(C)OC(=O)N(c1ccc2c(n1)c(-c1ccccc1)c(C(=O)O)n2C(=O)OC(C)(C)C)S(=O)(=O)c1ccc(C(C)(C)C)cc1. The van der Waals surface area contributed by atoms with Gasteiger partial charge in [0, 0.05) is 5.56 Å². The first-order valence-electron chi connectivity index (χ1n) is 14.6. The molecule has 0 aliphatic carbocycles. The molecule has 4 aromatic rings. The number of hydrogen-bond acceptors (Lipinski definition) is 8. The van der Waals surface area contributed by atoms with Crippen molar-refractivity contribution in [2.45, 2.75) is 83.8 Å². The predicted molar refractivity (Wildman–Crippen MR) is 175 cm³/mol. The topological polar surface area (TPSA) is 145 Å². The van der Waals surface area contributed by atoms with E-state index in [1.54, 1.807) is 84.0 Å². The number of ether oxygens (including phenoxy) is 2. The third-order valence-electron chi connectivity index (χ3n) is 6.66. The van der Waals surface area contributed by atoms with Crippen LogP contribution >= 0.6 is 0 Å². The number of carbonyl (C=O) groups excluding carboxylic acids is 2. The van der Waals surface area contributed by atoms with Gasteiger partial charge in [0.1, 0.15) is 16.9 Å². The van der Waals surface area contributed by atoms with E-state index in [4.69, 9.17) is 9.47 Å². The van der Waals surface area contributed by atoms with Crippen LogP contribution in [0.2, 0.25) is 0 Å². The van der Waals surface area contributed by atoms with Gasteiger partial charge in [0.15, 0.2) is 5.82 Å². The van der Waals surface area contributed by atoms with E-state index in [-0.39, 0.29) is 32.7 Å². The number of nitrogens with zero attached hydrogens (tertiary/aromatic N) is 3. The highest BCUT2D eigenvalue weighted by atomic mass is 32.2. The Morgan fingerprint density at radius 1 is 0.783 bits per heavy atom. The summed E-state index contributed by atoms with van der Waals surface area (Å²) in [6.45, 7) is 15.7. The minimum atomic E-state index is -4.61. The minimum Gasteiger partial charge on any atom is -0.477 e. The van der Waals surface area contributed by atoms with Gasteiger partial charge in [-0.3, -0.25) is 0 Å². The first kappa shape index (κ1) is 34.2. The number of carboxylic acid groups (broad SMARTS) is 1. The van der Waals surface area contributed by atoms with E-state index >= 15 is 0 Å². The Bertz CT molecular complexity index is 1910. The summed E-state index contributed by atoms with van der Waals surface area (Å²) >= 11 is 0. The Morgan fingerprint density at radius 3 is 1.85 bits per heavy atom. The summed E-state index contributed by atoms with van der Waals surface area (Å²) in [5, 5.41) is 10.4. The molecular weight excluding hydrogens is 610 g/mol. The van der Waals surface area contributed by atoms with E-state index in [9.17, 15) is 27.9 Å². The number of hydrogen-bond donors (Lipinski definition) is 1. The van der Waals surface area contributed by atoms with Crippen LogP contribution in [0.5, 0.6) is 0 Å². The van der Waals surface area contributed by atoms with Gasteiger partial charge < -0.3 is 14.6 Å². The van der Waals surface area contributed by atoms with Gasteiger partial charge in [0.2, 0.25) is 0 Å². The Kier molecular flexibility index (Phi) is 8.84. The highest BCUT2D eigenvalue weighted by Crippen LogP contribution is 2.37. The third-order valence-corrected chi connectivity index (χ3v) is 8.35. The van der Waals surface area contributed by atoms with Crippen LogP contribution in [0.25, 0.3) is 22.2 Å². The molecule has 0 unspecified atom stereocenters. The van der Waals surface area contributed by atoms with Crippen LogP contribution < -0.4 is 4.31 Å². The number of aromatic nitrogens is 2. The van der Waals surface area contributed by atoms with Crippen molar-refractivity contribution >= 4 is 45.0 Å². The van der Waals surface area contributed by atoms with Crippen molar-refractivity contribution in [2.75, 3.05) is 4.31 Å². The lowest BCUT2D eigenvalue weighted by atomic mass is 9.87. The second-order valence-corrected chi connectivity index (χ2v) is 15.6. The van der Waals surface area contributed by atoms with Gasteiger partial charge in [-0.05, 0) is 82.3 Å². The fourth-order valence-electron chi connectivity index (χ4n) is 4.69. The fourth-order valence-corrected chi connectivity index (χ4v) is 5.96. The summed E-state index contributed by atoms with van der Waals surface area (Å²) in [5.41, 5.74) is -1.43. The first-order chi connectivity index (χ1) is 21.1. The van der Waals surface area contributed by atoms with Gasteiger partial charge in [0.05, 0.1) is 15.9 Å². The van der Waals surface area contributed by atoms with Crippen molar-refractivity contribution in [3.63, 3.8) is 0 Å². The molecule has 4 rings (SSSR count). The monoisotopic (exact) mass is 649 g/mol. The lowest BCUT2D eigenvalue weighted by Crippen LogP contribution is -2.41. The molecule has 0 atom stereocenters. The second kappa shape index (κ2) is 11.9. The number of aromatic carboxylic acids is 1. The van der Waals surface area contributed by atoms with Gasteiger partial charge in [0.25, 0.3) is 10.0 Å². The van der Waals surface area contributed by atoms with Gasteiger partial charge in [-0.2, -0.15) is 4.31 Å². The van der Waals surface area contributed by atoms with Gasteiger partial charge in [-0.25, -0.2) is 32.4 Å². The molecule has 2 heterocycles. The standard InChI is InChI=1S/C34H39N3O8S/c1-32(2,3)22-15-17-23(18-16-22)46(42,43)37(31(41)45-34(7,8)9)25-20-19-24-27(35-25)26(21-13-11-10-12-14-21)28(29(38)39)36(24)30(40)44-33(4,5)6/h10-20H,1-9H3,(H,38,39). The maximum atomic E-state index is 14.2. The number of carbonyl (C=O) groups is 3. The summed E-state index contributed by atoms with van der Waals surface area (Å²) in [4.78, 5) is 44.2. The predicted octanol–water partition coefficient (Wildman–Crippen LogP) is 7.61. The molecule has 0 saturated heterocycles. The van der Waals surface area contributed by atoms with Gasteiger partial charge in [-0.1, -0.05) is 63.2 Å². The molecule has 244 valence electrons. The van der Waals surface area contributed by atoms with Gasteiger partial charge in [-0.15, -0.1) is 0 Å². The Balaban J connectivity index is 2.04. The van der Waals surface area contributed by atoms with Crippen molar-refractivity contribution in [3.05, 3.63) is 78.0 Å². The molecule has 0 aliphatic rings. The van der Waals surface area contributed by atoms with E-state index < -0.39 is 45.1 Å². The maximum absolute atomic E-state index is 14.2. The molecule has 0 saturated carbocycles. The summed E-state index contributed by atoms with van der Waals surface area (Å²) in [6, 6.07) is 17.1. The summed E-state index contributed by atoms with van der Waals surface area (Å²) in [5.74, 6) is -1.81. The zero-order chi connectivity index (χ0) is 34.4. The van der Waals surface area contributed by atoms with Crippen LogP contribution in [-0.2, 0) is 24.9 Å². The van der Waals surface area contributed by atoms with E-state index in [1.807, 2.05) is 20.8 Å². The van der Waals surface area contributed by atoms with Crippen LogP contribution in [0, 0.1) is 0 Å². The minimum absolute atomic E-state index is 0.0327. The molecule has 0 fully saturated rings. The Labute approximate surface area is 268 Å². The van der Waals surface area contributed by atoms with E-state index in [0.29, 0.717) is 9.87 Å². The summed E-state index contributed by atoms with van der Waals surface area (Å²) in [6.07, 6.45) is -2.19. The van der Waals surface area contributed by atoms with Crippen molar-refractivity contribution < 1.29 is 37.4 Å². The highest BCUT2D eigenvalue weighted by molar-refractivity contribution is 7.93. The zero-order valence-electron chi connectivity index (χ0n) is 27.4. The second-order valence-electron chi connectivity index (χ2n) is 13.8. The van der Waals surface area contributed by atoms with Crippen LogP contribution in [0.15, 0.2) is 71.6 Å². The lowest BCUT2D eigenvalue weighted by molar-refractivity contribution is 0.0512. The molecule has 1 N–H and O–H groups in total. The average Bonchev–Trinajstić information content (AvgIpc) is 3.26. The van der Waals surface area contributed by atoms with Crippen LogP contribution in [0.1, 0.15) is 78.4 Å². The van der Waals surface area contributed by atoms with Gasteiger partial charge >= 0.3 is 18.2 Å². The van der Waals surface area contributed by atoms with Crippen molar-refractivity contribution in [3.8, 4) is 11.1 Å². The van der Waals surface area contributed by atoms with E-state index in [1.165, 1.54) is 24.3 Å². The molecule has 2 aromatic heterocycles. The molecular formula is C34H39N3O8S. The number of pyridine rings is 1. The average molecular weight is 650 g/mol. The number of amides is 1. The number of carboxylic acids is 1. The smallest absolute Gasteiger partial charge is 0.430 e. The molecule has 46 heavy (non-hydrogen) atoms. The zero-order valence-corrected chi connectivity index (χ0v) is 28.2. The largest absolute Gasteiger partial charge is 0.477 e. The fraction of sp³-hybridized carbons (Fsp3) is 0.353. The molecule has 1 amide bonds. The van der Waals surface area contributed by atoms with Crippen molar-refractivity contribution in [1.29, 1.82) is 0 Å². The van der Waals surface area contributed by atoms with E-state index in [2.05, 4.69) is 4.98 Å². The van der Waals surface area contributed by atoms with Crippen LogP contribution in [0.4, 0.5) is 15.4 Å². The summed E-state index contributed by atoms with van der Waals surface area (Å²) in [7, 11) is -4.61. The molecule has 2 aromatic carbocycles. The lowest BCUT2D eigenvalue weighted by Gasteiger charge is -2.27. The molecule has 0 bridgehead atoms. The highest BCUT2D eigenvalue weighted by Gasteiger charge is 2.38. The number of anilines is 1. The Morgan fingerprint density at radius 2 is 1.35 bits per heavy atom. The number of fused-ring (bicyclic) bond motifs is 1. The third kappa shape index (κ3) is 7.07. The molecule has 12 heteroatoms. The van der Waals surface area contributed by atoms with E-state index in [0.717, 1.165) is 10.1 Å².